The van der Waals surface area contributed by atoms with E-state index in [4.69, 9.17) is 4.74 Å². The number of piperazine rings is 1. The molecule has 3 heteroatoms. The summed E-state index contributed by atoms with van der Waals surface area (Å²) in [7, 11) is 0. The lowest BCUT2D eigenvalue weighted by Gasteiger charge is -2.50. The Morgan fingerprint density at radius 2 is 2.00 bits per heavy atom. The second kappa shape index (κ2) is 5.48. The molecule has 0 bridgehead atoms. The van der Waals surface area contributed by atoms with E-state index in [2.05, 4.69) is 44.8 Å². The third-order valence-electron chi connectivity index (χ3n) is 4.73. The van der Waals surface area contributed by atoms with Gasteiger partial charge in [-0.3, -0.25) is 4.90 Å². The zero-order chi connectivity index (χ0) is 13.3. The van der Waals surface area contributed by atoms with Crippen LogP contribution in [0, 0.1) is 11.8 Å². The maximum atomic E-state index is 5.57. The number of ether oxygens (including phenoxy) is 1. The predicted molar refractivity (Wildman–Crippen MR) is 75.8 cm³/mol. The highest BCUT2D eigenvalue weighted by molar-refractivity contribution is 4.96. The molecule has 0 aromatic carbocycles. The zero-order valence-corrected chi connectivity index (χ0v) is 12.7. The van der Waals surface area contributed by atoms with Crippen LogP contribution in [-0.4, -0.2) is 48.8 Å². The molecule has 2 rings (SSSR count). The number of rotatable bonds is 3. The fourth-order valence-corrected chi connectivity index (χ4v) is 3.40. The first-order valence-corrected chi connectivity index (χ1v) is 7.49. The molecule has 2 fully saturated rings. The lowest BCUT2D eigenvalue weighted by Crippen LogP contribution is -2.65. The van der Waals surface area contributed by atoms with E-state index in [1.807, 2.05) is 0 Å². The van der Waals surface area contributed by atoms with E-state index in [1.54, 1.807) is 0 Å². The van der Waals surface area contributed by atoms with Crippen LogP contribution in [0.15, 0.2) is 0 Å². The number of nitrogens with one attached hydrogen (secondary N) is 1. The van der Waals surface area contributed by atoms with Crippen molar-refractivity contribution in [3.8, 4) is 0 Å². The molecule has 0 amide bonds. The Balaban J connectivity index is 2.08. The Labute approximate surface area is 112 Å². The molecule has 2 aliphatic rings. The maximum absolute atomic E-state index is 5.57. The van der Waals surface area contributed by atoms with Gasteiger partial charge in [0.25, 0.3) is 0 Å². The number of hydrogen-bond donors (Lipinski definition) is 1. The highest BCUT2D eigenvalue weighted by atomic mass is 16.5. The maximum Gasteiger partial charge on any atom is 0.0509 e. The largest absolute Gasteiger partial charge is 0.381 e. The van der Waals surface area contributed by atoms with Crippen molar-refractivity contribution in [3.63, 3.8) is 0 Å². The van der Waals surface area contributed by atoms with Gasteiger partial charge in [-0.2, -0.15) is 0 Å². The first-order chi connectivity index (χ1) is 8.41. The van der Waals surface area contributed by atoms with Crippen LogP contribution in [0.4, 0.5) is 0 Å². The van der Waals surface area contributed by atoms with Crippen LogP contribution in [0.5, 0.6) is 0 Å². The number of hydrogen-bond acceptors (Lipinski definition) is 3. The fraction of sp³-hybridized carbons (Fsp3) is 1.00. The highest BCUT2D eigenvalue weighted by Gasteiger charge is 2.39. The molecular formula is C15H30N2O. The van der Waals surface area contributed by atoms with Crippen LogP contribution in [0.3, 0.4) is 0 Å². The average molecular weight is 254 g/mol. The van der Waals surface area contributed by atoms with Gasteiger partial charge in [-0.15, -0.1) is 0 Å². The number of nitrogens with zero attached hydrogens (tertiary/aromatic N) is 1. The van der Waals surface area contributed by atoms with Crippen molar-refractivity contribution in [2.24, 2.45) is 11.8 Å². The van der Waals surface area contributed by atoms with E-state index in [9.17, 15) is 0 Å². The summed E-state index contributed by atoms with van der Waals surface area (Å²) in [4.78, 5) is 2.74. The summed E-state index contributed by atoms with van der Waals surface area (Å²) >= 11 is 0. The minimum absolute atomic E-state index is 0.235. The third-order valence-corrected chi connectivity index (χ3v) is 4.73. The van der Waals surface area contributed by atoms with Crippen molar-refractivity contribution in [1.82, 2.24) is 10.2 Å². The van der Waals surface area contributed by atoms with Crippen LogP contribution in [-0.2, 0) is 4.74 Å². The van der Waals surface area contributed by atoms with E-state index in [-0.39, 0.29) is 5.54 Å². The minimum atomic E-state index is 0.235. The van der Waals surface area contributed by atoms with Crippen molar-refractivity contribution in [2.45, 2.75) is 58.7 Å². The lowest BCUT2D eigenvalue weighted by atomic mass is 9.88. The monoisotopic (exact) mass is 254 g/mol. The summed E-state index contributed by atoms with van der Waals surface area (Å²) in [5.41, 5.74) is 0.235. The molecule has 0 aromatic rings. The first-order valence-electron chi connectivity index (χ1n) is 7.49. The van der Waals surface area contributed by atoms with E-state index < -0.39 is 0 Å². The molecule has 18 heavy (non-hydrogen) atoms. The molecule has 2 heterocycles. The van der Waals surface area contributed by atoms with Crippen LogP contribution < -0.4 is 5.32 Å². The molecule has 2 saturated heterocycles. The lowest BCUT2D eigenvalue weighted by molar-refractivity contribution is 0.0140. The van der Waals surface area contributed by atoms with Gasteiger partial charge in [-0.05, 0) is 39.0 Å². The van der Waals surface area contributed by atoms with Crippen molar-refractivity contribution in [3.05, 3.63) is 0 Å². The highest BCUT2D eigenvalue weighted by Crippen LogP contribution is 2.28. The van der Waals surface area contributed by atoms with Crippen LogP contribution in [0.1, 0.15) is 41.0 Å². The summed E-state index contributed by atoms with van der Waals surface area (Å²) in [6, 6.07) is 1.30. The summed E-state index contributed by atoms with van der Waals surface area (Å²) in [5, 5.41) is 3.69. The molecule has 2 aliphatic heterocycles. The van der Waals surface area contributed by atoms with Gasteiger partial charge < -0.3 is 10.1 Å². The van der Waals surface area contributed by atoms with E-state index in [0.717, 1.165) is 32.2 Å². The van der Waals surface area contributed by atoms with Crippen LogP contribution in [0.2, 0.25) is 0 Å². The summed E-state index contributed by atoms with van der Waals surface area (Å²) < 4.78 is 5.57. The Kier molecular flexibility index (Phi) is 4.35. The Hall–Kier alpha value is -0.120. The second-order valence-electron chi connectivity index (χ2n) is 7.11. The topological polar surface area (TPSA) is 24.5 Å². The third kappa shape index (κ3) is 3.06. The normalized spacial score (nSPS) is 35.0. The first kappa shape index (κ1) is 14.3. The van der Waals surface area contributed by atoms with Gasteiger partial charge in [-0.25, -0.2) is 0 Å². The molecule has 0 aliphatic carbocycles. The molecular weight excluding hydrogens is 224 g/mol. The molecule has 106 valence electrons. The molecule has 0 spiro atoms. The summed E-state index contributed by atoms with van der Waals surface area (Å²) in [5.74, 6) is 1.43. The molecule has 3 nitrogen and oxygen atoms in total. The molecule has 0 aromatic heterocycles. The minimum Gasteiger partial charge on any atom is -0.381 e. The summed E-state index contributed by atoms with van der Waals surface area (Å²) in [6.45, 7) is 15.9. The van der Waals surface area contributed by atoms with Gasteiger partial charge in [-0.1, -0.05) is 13.8 Å². The van der Waals surface area contributed by atoms with Crippen molar-refractivity contribution in [2.75, 3.05) is 26.3 Å². The van der Waals surface area contributed by atoms with Gasteiger partial charge in [0.05, 0.1) is 6.61 Å². The Bertz CT molecular complexity index is 272. The predicted octanol–water partition coefficient (Wildman–Crippen LogP) is 2.12. The van der Waals surface area contributed by atoms with Crippen LogP contribution in [0.25, 0.3) is 0 Å². The van der Waals surface area contributed by atoms with Gasteiger partial charge >= 0.3 is 0 Å². The van der Waals surface area contributed by atoms with Gasteiger partial charge in [0.1, 0.15) is 0 Å². The quantitative estimate of drug-likeness (QED) is 0.835. The van der Waals surface area contributed by atoms with Crippen molar-refractivity contribution < 1.29 is 4.74 Å². The second-order valence-corrected chi connectivity index (χ2v) is 7.11. The standard InChI is InChI=1S/C15H30N2O/c1-11(2)14-8-16-15(4,5)10-17(14)12(3)13-6-7-18-9-13/h11-14,16H,6-10H2,1-5H3. The molecule has 3 unspecified atom stereocenters. The molecule has 0 radical (unpaired) electrons. The Morgan fingerprint density at radius 1 is 1.28 bits per heavy atom. The summed E-state index contributed by atoms with van der Waals surface area (Å²) in [6.07, 6.45) is 1.23. The van der Waals surface area contributed by atoms with Gasteiger partial charge in [0.2, 0.25) is 0 Å². The smallest absolute Gasteiger partial charge is 0.0509 e. The van der Waals surface area contributed by atoms with Crippen LogP contribution >= 0.6 is 0 Å². The molecule has 1 N–H and O–H groups in total. The Morgan fingerprint density at radius 3 is 2.56 bits per heavy atom. The molecule has 0 saturated carbocycles. The van der Waals surface area contributed by atoms with Gasteiger partial charge in [0.15, 0.2) is 0 Å². The molecule has 3 atom stereocenters. The average Bonchev–Trinajstić information content (AvgIpc) is 2.79. The van der Waals surface area contributed by atoms with E-state index in [1.165, 1.54) is 6.42 Å². The zero-order valence-electron chi connectivity index (χ0n) is 12.7. The SMILES string of the molecule is CC(C)C1CNC(C)(C)CN1C(C)C1CCOC1. The van der Waals surface area contributed by atoms with Crippen molar-refractivity contribution >= 4 is 0 Å². The van der Waals surface area contributed by atoms with E-state index >= 15 is 0 Å². The van der Waals surface area contributed by atoms with Gasteiger partial charge in [0, 0.05) is 37.3 Å². The fourth-order valence-electron chi connectivity index (χ4n) is 3.40. The van der Waals surface area contributed by atoms with E-state index in [0.29, 0.717) is 18.0 Å². The van der Waals surface area contributed by atoms with Crippen molar-refractivity contribution in [1.29, 1.82) is 0 Å².